The van der Waals surface area contributed by atoms with Crippen molar-refractivity contribution in [2.24, 2.45) is 10.2 Å². The monoisotopic (exact) mass is 378 g/mol. The van der Waals surface area contributed by atoms with Gasteiger partial charge in [-0.3, -0.25) is 10.1 Å². The molecule has 28 heavy (non-hydrogen) atoms. The van der Waals surface area contributed by atoms with Crippen LogP contribution in [-0.2, 0) is 0 Å². The van der Waals surface area contributed by atoms with E-state index in [9.17, 15) is 15.2 Å². The average molecular weight is 378 g/mol. The molecule has 0 radical (unpaired) electrons. The van der Waals surface area contributed by atoms with E-state index < -0.39 is 4.92 Å². The van der Waals surface area contributed by atoms with Crippen molar-refractivity contribution in [1.82, 2.24) is 0 Å². The molecule has 0 aliphatic carbocycles. The fourth-order valence-corrected chi connectivity index (χ4v) is 3.12. The Morgan fingerprint density at radius 3 is 2.32 bits per heavy atom. The summed E-state index contributed by atoms with van der Waals surface area (Å²) in [6, 6.07) is 17.8. The van der Waals surface area contributed by atoms with Crippen LogP contribution < -0.4 is 4.90 Å². The lowest BCUT2D eigenvalue weighted by molar-refractivity contribution is -0.383. The number of fused-ring (bicyclic) bond motifs is 1. The highest BCUT2D eigenvalue weighted by Gasteiger charge is 2.13. The summed E-state index contributed by atoms with van der Waals surface area (Å²) in [6.45, 7) is 3.66. The van der Waals surface area contributed by atoms with E-state index in [4.69, 9.17) is 0 Å². The number of nitro groups is 1. The molecule has 3 rings (SSSR count). The van der Waals surface area contributed by atoms with Crippen LogP contribution in [0.3, 0.4) is 0 Å². The molecule has 0 spiro atoms. The Labute approximate surface area is 163 Å². The van der Waals surface area contributed by atoms with Gasteiger partial charge >= 0.3 is 0 Å². The maximum atomic E-state index is 11.2. The lowest BCUT2D eigenvalue weighted by Crippen LogP contribution is -2.27. The summed E-state index contributed by atoms with van der Waals surface area (Å²) in [4.78, 5) is 12.9. The third-order valence-corrected chi connectivity index (χ3v) is 4.43. The van der Waals surface area contributed by atoms with Crippen molar-refractivity contribution in [3.63, 3.8) is 0 Å². The molecule has 0 bridgehead atoms. The predicted molar refractivity (Wildman–Crippen MR) is 111 cm³/mol. The maximum Gasteiger partial charge on any atom is 0.277 e. The number of hydrogen-bond donors (Lipinski definition) is 1. The average Bonchev–Trinajstić information content (AvgIpc) is 2.72. The molecule has 0 amide bonds. The van der Waals surface area contributed by atoms with E-state index in [0.29, 0.717) is 28.7 Å². The highest BCUT2D eigenvalue weighted by Crippen LogP contribution is 2.34. The van der Waals surface area contributed by atoms with Crippen molar-refractivity contribution < 1.29 is 10.0 Å². The van der Waals surface area contributed by atoms with Crippen LogP contribution in [0.1, 0.15) is 13.3 Å². The Morgan fingerprint density at radius 1 is 0.964 bits per heavy atom. The second-order valence-electron chi connectivity index (χ2n) is 6.33. The van der Waals surface area contributed by atoms with Crippen molar-refractivity contribution >= 4 is 33.5 Å². The van der Waals surface area contributed by atoms with Crippen molar-refractivity contribution in [2.45, 2.75) is 13.3 Å². The normalized spacial score (nSPS) is 11.2. The van der Waals surface area contributed by atoms with Crippen LogP contribution >= 0.6 is 0 Å². The number of nitro benzene ring substituents is 1. The topological polar surface area (TPSA) is 91.3 Å². The minimum absolute atomic E-state index is 0.0544. The Morgan fingerprint density at radius 2 is 1.68 bits per heavy atom. The van der Waals surface area contributed by atoms with Crippen LogP contribution in [-0.4, -0.2) is 29.7 Å². The second-order valence-corrected chi connectivity index (χ2v) is 6.33. The van der Waals surface area contributed by atoms with Crippen LogP contribution in [0.5, 0.6) is 0 Å². The summed E-state index contributed by atoms with van der Waals surface area (Å²) in [5, 5.41) is 30.2. The molecule has 3 aromatic carbocycles. The van der Waals surface area contributed by atoms with E-state index in [1.807, 2.05) is 30.3 Å². The van der Waals surface area contributed by atoms with Crippen LogP contribution in [0.15, 0.2) is 70.9 Å². The first-order valence-electron chi connectivity index (χ1n) is 9.17. The molecule has 3 aromatic rings. The number of hydrogen-bond acceptors (Lipinski definition) is 6. The summed E-state index contributed by atoms with van der Waals surface area (Å²) in [6.07, 6.45) is 0.995. The summed E-state index contributed by atoms with van der Waals surface area (Å²) < 4.78 is 0. The molecule has 0 fully saturated rings. The molecule has 0 heterocycles. The van der Waals surface area contributed by atoms with Gasteiger partial charge in [0.05, 0.1) is 28.3 Å². The van der Waals surface area contributed by atoms with E-state index in [1.165, 1.54) is 6.07 Å². The van der Waals surface area contributed by atoms with Gasteiger partial charge < -0.3 is 10.0 Å². The minimum atomic E-state index is -0.392. The zero-order chi connectivity index (χ0) is 19.9. The molecule has 7 heteroatoms. The van der Waals surface area contributed by atoms with Gasteiger partial charge in [0.15, 0.2) is 0 Å². The molecule has 0 saturated heterocycles. The third-order valence-electron chi connectivity index (χ3n) is 4.43. The van der Waals surface area contributed by atoms with Gasteiger partial charge in [-0.15, -0.1) is 5.11 Å². The summed E-state index contributed by atoms with van der Waals surface area (Å²) in [5.74, 6) is 0. The summed E-state index contributed by atoms with van der Waals surface area (Å²) in [7, 11) is 0. The van der Waals surface area contributed by atoms with Crippen LogP contribution in [0.2, 0.25) is 0 Å². The van der Waals surface area contributed by atoms with Gasteiger partial charge in [0.1, 0.15) is 0 Å². The predicted octanol–water partition coefficient (Wildman–Crippen LogP) is 5.37. The SMILES string of the molecule is CCCN(CCO)c1ccc(/N=N\c2ccc([N+](=O)[O-])c3ccccc23)cc1. The quantitative estimate of drug-likeness (QED) is 0.324. The summed E-state index contributed by atoms with van der Waals surface area (Å²) >= 11 is 0. The van der Waals surface area contributed by atoms with Crippen molar-refractivity contribution in [2.75, 3.05) is 24.6 Å². The minimum Gasteiger partial charge on any atom is -0.395 e. The second kappa shape index (κ2) is 9.05. The standard InChI is InChI=1S/C21H22N4O3/c1-2-13-24(14-15-26)17-9-7-16(8-10-17)22-23-20-11-12-21(25(27)28)19-6-4-3-5-18(19)20/h3-12,26H,2,13-15H2,1H3/b23-22-. The number of anilines is 1. The lowest BCUT2D eigenvalue weighted by Gasteiger charge is -2.23. The number of nitrogens with zero attached hydrogens (tertiary/aromatic N) is 4. The van der Waals surface area contributed by atoms with Crippen LogP contribution in [0, 0.1) is 10.1 Å². The Kier molecular flexibility index (Phi) is 6.29. The lowest BCUT2D eigenvalue weighted by atomic mass is 10.1. The van der Waals surface area contributed by atoms with Gasteiger partial charge in [-0.05, 0) is 42.8 Å². The molecule has 0 saturated carbocycles. The number of benzene rings is 3. The molecule has 144 valence electrons. The van der Waals surface area contributed by atoms with Gasteiger partial charge in [-0.1, -0.05) is 25.1 Å². The van der Waals surface area contributed by atoms with E-state index in [0.717, 1.165) is 18.7 Å². The molecule has 0 unspecified atom stereocenters. The van der Waals surface area contributed by atoms with Crippen LogP contribution in [0.25, 0.3) is 10.8 Å². The Hall–Kier alpha value is -3.32. The van der Waals surface area contributed by atoms with E-state index in [2.05, 4.69) is 22.1 Å². The fourth-order valence-electron chi connectivity index (χ4n) is 3.12. The Balaban J connectivity index is 1.86. The first-order chi connectivity index (χ1) is 13.6. The van der Waals surface area contributed by atoms with Gasteiger partial charge in [-0.25, -0.2) is 0 Å². The number of aliphatic hydroxyl groups is 1. The first-order valence-corrected chi connectivity index (χ1v) is 9.17. The first kappa shape index (κ1) is 19.4. The zero-order valence-corrected chi connectivity index (χ0v) is 15.7. The van der Waals surface area contributed by atoms with Gasteiger partial charge in [0, 0.05) is 30.2 Å². The maximum absolute atomic E-state index is 11.2. The molecule has 0 aliphatic rings. The fraction of sp³-hybridized carbons (Fsp3) is 0.238. The van der Waals surface area contributed by atoms with Gasteiger partial charge in [0.25, 0.3) is 5.69 Å². The highest BCUT2D eigenvalue weighted by atomic mass is 16.6. The van der Waals surface area contributed by atoms with Crippen LogP contribution in [0.4, 0.5) is 22.7 Å². The smallest absolute Gasteiger partial charge is 0.277 e. The third kappa shape index (κ3) is 4.32. The molecule has 0 aromatic heterocycles. The van der Waals surface area contributed by atoms with E-state index in [-0.39, 0.29) is 12.3 Å². The molecule has 0 atom stereocenters. The number of non-ortho nitro benzene ring substituents is 1. The van der Waals surface area contributed by atoms with Gasteiger partial charge in [0.2, 0.25) is 0 Å². The van der Waals surface area contributed by atoms with Crippen molar-refractivity contribution in [3.05, 3.63) is 70.8 Å². The van der Waals surface area contributed by atoms with Gasteiger partial charge in [-0.2, -0.15) is 5.11 Å². The number of aliphatic hydroxyl groups excluding tert-OH is 1. The molecule has 7 nitrogen and oxygen atoms in total. The van der Waals surface area contributed by atoms with Crippen molar-refractivity contribution in [1.29, 1.82) is 0 Å². The molecule has 0 aliphatic heterocycles. The number of azo groups is 1. The zero-order valence-electron chi connectivity index (χ0n) is 15.7. The van der Waals surface area contributed by atoms with Crippen molar-refractivity contribution in [3.8, 4) is 0 Å². The van der Waals surface area contributed by atoms with E-state index >= 15 is 0 Å². The highest BCUT2D eigenvalue weighted by molar-refractivity contribution is 5.98. The summed E-state index contributed by atoms with van der Waals surface area (Å²) in [5.41, 5.74) is 2.35. The molecular weight excluding hydrogens is 356 g/mol. The largest absolute Gasteiger partial charge is 0.395 e. The Bertz CT molecular complexity index is 981. The molecular formula is C21H22N4O3. The molecule has 1 N–H and O–H groups in total. The number of rotatable bonds is 8. The van der Waals surface area contributed by atoms with E-state index in [1.54, 1.807) is 24.3 Å².